The van der Waals surface area contributed by atoms with Crippen molar-refractivity contribution in [2.24, 2.45) is 0 Å². The van der Waals surface area contributed by atoms with Crippen LogP contribution in [0, 0.1) is 19.3 Å². The molecular formula is C6H10N2OS. The average molecular weight is 158 g/mol. The zero-order valence-electron chi connectivity index (χ0n) is 6.26. The van der Waals surface area contributed by atoms with Gasteiger partial charge in [0, 0.05) is 4.88 Å². The smallest absolute Gasteiger partial charge is 0.216 e. The van der Waals surface area contributed by atoms with Crippen LogP contribution < -0.4 is 9.64 Å². The highest BCUT2D eigenvalue weighted by Gasteiger charge is 2.02. The predicted octanol–water partition coefficient (Wildman–Crippen LogP) is 0.704. The van der Waals surface area contributed by atoms with Crippen molar-refractivity contribution in [3.8, 4) is 0 Å². The molecule has 0 spiro atoms. The highest BCUT2D eigenvalue weighted by Crippen LogP contribution is 2.06. The van der Waals surface area contributed by atoms with Crippen LogP contribution in [-0.2, 0) is 0 Å². The predicted molar refractivity (Wildman–Crippen MR) is 40.1 cm³/mol. The van der Waals surface area contributed by atoms with Crippen molar-refractivity contribution in [1.29, 1.82) is 5.41 Å². The van der Waals surface area contributed by atoms with Gasteiger partial charge in [0.2, 0.25) is 4.80 Å². The lowest BCUT2D eigenvalue weighted by atomic mass is 10.4. The third-order valence-corrected chi connectivity index (χ3v) is 2.39. The number of nitrogens with zero attached hydrogens (tertiary/aromatic N) is 1. The number of thiazole rings is 1. The van der Waals surface area contributed by atoms with E-state index in [9.17, 15) is 0 Å². The van der Waals surface area contributed by atoms with Crippen molar-refractivity contribution in [2.45, 2.75) is 13.8 Å². The monoisotopic (exact) mass is 158 g/mol. The maximum Gasteiger partial charge on any atom is 0.216 e. The molecule has 0 aliphatic carbocycles. The maximum absolute atomic E-state index is 7.39. The van der Waals surface area contributed by atoms with Gasteiger partial charge >= 0.3 is 0 Å². The Labute approximate surface area is 63.3 Å². The standard InChI is InChI=1S/C6H10N2OS/c1-4-5(2)10-6(7)8(4)9-3/h7H,1-3H3. The van der Waals surface area contributed by atoms with Crippen molar-refractivity contribution < 1.29 is 4.84 Å². The summed E-state index contributed by atoms with van der Waals surface area (Å²) in [6.45, 7) is 3.92. The van der Waals surface area contributed by atoms with Gasteiger partial charge in [-0.1, -0.05) is 11.3 Å². The van der Waals surface area contributed by atoms with Crippen LogP contribution in [-0.4, -0.2) is 11.8 Å². The Morgan fingerprint density at radius 3 is 2.30 bits per heavy atom. The molecule has 0 saturated heterocycles. The normalized spacial score (nSPS) is 9.90. The van der Waals surface area contributed by atoms with Crippen molar-refractivity contribution >= 4 is 11.3 Å². The van der Waals surface area contributed by atoms with E-state index in [0.29, 0.717) is 4.80 Å². The molecule has 0 aliphatic heterocycles. The van der Waals surface area contributed by atoms with Crippen LogP contribution in [0.2, 0.25) is 0 Å². The van der Waals surface area contributed by atoms with Crippen LogP contribution in [0.5, 0.6) is 0 Å². The van der Waals surface area contributed by atoms with Gasteiger partial charge in [-0.25, -0.2) is 0 Å². The summed E-state index contributed by atoms with van der Waals surface area (Å²) in [5, 5.41) is 7.39. The fraction of sp³-hybridized carbons (Fsp3) is 0.500. The SMILES string of the molecule is COn1c(C)c(C)sc1=N. The zero-order valence-corrected chi connectivity index (χ0v) is 7.08. The first-order valence-electron chi connectivity index (χ1n) is 2.95. The van der Waals surface area contributed by atoms with E-state index in [-0.39, 0.29) is 0 Å². The number of aryl methyl sites for hydroxylation is 1. The van der Waals surface area contributed by atoms with Gasteiger partial charge in [-0.2, -0.15) is 4.73 Å². The molecule has 1 rings (SSSR count). The molecule has 0 saturated carbocycles. The molecule has 0 fully saturated rings. The minimum Gasteiger partial charge on any atom is -0.415 e. The second-order valence-electron chi connectivity index (χ2n) is 2.03. The van der Waals surface area contributed by atoms with E-state index in [1.807, 2.05) is 13.8 Å². The Kier molecular flexibility index (Phi) is 1.80. The summed E-state index contributed by atoms with van der Waals surface area (Å²) in [5.41, 5.74) is 1.01. The Morgan fingerprint density at radius 1 is 1.50 bits per heavy atom. The van der Waals surface area contributed by atoms with Gasteiger partial charge in [0.1, 0.15) is 7.11 Å². The lowest BCUT2D eigenvalue weighted by molar-refractivity contribution is 0.152. The largest absolute Gasteiger partial charge is 0.415 e. The van der Waals surface area contributed by atoms with Crippen LogP contribution in [0.4, 0.5) is 0 Å². The van der Waals surface area contributed by atoms with Gasteiger partial charge < -0.3 is 4.84 Å². The molecule has 1 aromatic heterocycles. The van der Waals surface area contributed by atoms with Crippen LogP contribution >= 0.6 is 11.3 Å². The number of aromatic nitrogens is 1. The Bertz CT molecular complexity index is 286. The summed E-state index contributed by atoms with van der Waals surface area (Å²) in [6, 6.07) is 0. The van der Waals surface area contributed by atoms with E-state index in [2.05, 4.69) is 0 Å². The zero-order chi connectivity index (χ0) is 7.72. The van der Waals surface area contributed by atoms with E-state index in [1.54, 1.807) is 7.11 Å². The van der Waals surface area contributed by atoms with Crippen molar-refractivity contribution in [3.63, 3.8) is 0 Å². The number of rotatable bonds is 1. The van der Waals surface area contributed by atoms with Crippen molar-refractivity contribution in [3.05, 3.63) is 15.4 Å². The molecule has 0 unspecified atom stereocenters. The second kappa shape index (κ2) is 2.46. The van der Waals surface area contributed by atoms with Gasteiger partial charge in [-0.15, -0.1) is 0 Å². The molecule has 0 amide bonds. The van der Waals surface area contributed by atoms with Crippen molar-refractivity contribution in [2.75, 3.05) is 7.11 Å². The Hall–Kier alpha value is -0.770. The first-order valence-corrected chi connectivity index (χ1v) is 3.76. The van der Waals surface area contributed by atoms with E-state index in [0.717, 1.165) is 10.6 Å². The lowest BCUT2D eigenvalue weighted by Gasteiger charge is -2.00. The van der Waals surface area contributed by atoms with E-state index < -0.39 is 0 Å². The average Bonchev–Trinajstić information content (AvgIpc) is 2.09. The molecule has 0 aliphatic rings. The summed E-state index contributed by atoms with van der Waals surface area (Å²) < 4.78 is 1.51. The summed E-state index contributed by atoms with van der Waals surface area (Å²) in [5.74, 6) is 0. The topological polar surface area (TPSA) is 38.0 Å². The molecular weight excluding hydrogens is 148 g/mol. The van der Waals surface area contributed by atoms with Gasteiger partial charge in [-0.05, 0) is 13.8 Å². The Balaban J connectivity index is 3.34. The van der Waals surface area contributed by atoms with Crippen LogP contribution in [0.3, 0.4) is 0 Å². The number of nitrogens with one attached hydrogen (secondary N) is 1. The molecule has 10 heavy (non-hydrogen) atoms. The molecule has 4 heteroatoms. The molecule has 3 nitrogen and oxygen atoms in total. The number of hydrogen-bond acceptors (Lipinski definition) is 3. The highest BCUT2D eigenvalue weighted by atomic mass is 32.1. The summed E-state index contributed by atoms with van der Waals surface area (Å²) in [7, 11) is 1.57. The van der Waals surface area contributed by atoms with Crippen LogP contribution in [0.25, 0.3) is 0 Å². The molecule has 0 bridgehead atoms. The Morgan fingerprint density at radius 2 is 2.10 bits per heavy atom. The fourth-order valence-electron chi connectivity index (χ4n) is 0.775. The van der Waals surface area contributed by atoms with Gasteiger partial charge in [0.05, 0.1) is 5.69 Å². The lowest BCUT2D eigenvalue weighted by Crippen LogP contribution is -2.20. The molecule has 0 aromatic carbocycles. The molecule has 0 atom stereocenters. The quantitative estimate of drug-likeness (QED) is 0.642. The van der Waals surface area contributed by atoms with Gasteiger partial charge in [-0.3, -0.25) is 5.41 Å². The third-order valence-electron chi connectivity index (χ3n) is 1.43. The number of hydrogen-bond donors (Lipinski definition) is 1. The summed E-state index contributed by atoms with van der Waals surface area (Å²) >= 11 is 1.43. The third kappa shape index (κ3) is 0.945. The maximum atomic E-state index is 7.39. The molecule has 1 heterocycles. The van der Waals surface area contributed by atoms with E-state index >= 15 is 0 Å². The fourth-order valence-corrected chi connectivity index (χ4v) is 1.59. The summed E-state index contributed by atoms with van der Waals surface area (Å²) in [6.07, 6.45) is 0. The van der Waals surface area contributed by atoms with E-state index in [1.165, 1.54) is 16.1 Å². The molecule has 1 N–H and O–H groups in total. The highest BCUT2D eigenvalue weighted by molar-refractivity contribution is 7.09. The van der Waals surface area contributed by atoms with Crippen LogP contribution in [0.15, 0.2) is 0 Å². The van der Waals surface area contributed by atoms with Crippen LogP contribution in [0.1, 0.15) is 10.6 Å². The molecule has 0 radical (unpaired) electrons. The van der Waals surface area contributed by atoms with E-state index in [4.69, 9.17) is 10.2 Å². The summed E-state index contributed by atoms with van der Waals surface area (Å²) in [4.78, 5) is 6.51. The first-order chi connectivity index (χ1) is 4.66. The second-order valence-corrected chi connectivity index (χ2v) is 3.23. The van der Waals surface area contributed by atoms with Gasteiger partial charge in [0.25, 0.3) is 0 Å². The molecule has 56 valence electrons. The van der Waals surface area contributed by atoms with Crippen molar-refractivity contribution in [1.82, 2.24) is 4.73 Å². The minimum absolute atomic E-state index is 0.442. The first kappa shape index (κ1) is 7.34. The van der Waals surface area contributed by atoms with Gasteiger partial charge in [0.15, 0.2) is 0 Å². The minimum atomic E-state index is 0.442. The molecule has 1 aromatic rings.